The summed E-state index contributed by atoms with van der Waals surface area (Å²) < 4.78 is 0. The first-order chi connectivity index (χ1) is 29.7. The van der Waals surface area contributed by atoms with Crippen LogP contribution in [-0.2, 0) is 0 Å². The summed E-state index contributed by atoms with van der Waals surface area (Å²) in [5, 5.41) is 18.5. The molecule has 0 fully saturated rings. The zero-order chi connectivity index (χ0) is 39.7. The van der Waals surface area contributed by atoms with Crippen molar-refractivity contribution in [2.45, 2.75) is 0 Å². The van der Waals surface area contributed by atoms with Crippen molar-refractivity contribution in [1.82, 2.24) is 19.9 Å². The molecule has 276 valence electrons. The highest BCUT2D eigenvalue weighted by molar-refractivity contribution is 6.24. The second kappa shape index (κ2) is 13.4. The van der Waals surface area contributed by atoms with Gasteiger partial charge < -0.3 is 0 Å². The van der Waals surface area contributed by atoms with Crippen molar-refractivity contribution < 1.29 is 0 Å². The fourth-order valence-electron chi connectivity index (χ4n) is 9.35. The van der Waals surface area contributed by atoms with Crippen LogP contribution in [0.5, 0.6) is 0 Å². The normalized spacial score (nSPS) is 11.7. The number of fused-ring (bicyclic) bond motifs is 6. The lowest BCUT2D eigenvalue weighted by Gasteiger charge is -2.18. The molecule has 1 aliphatic carbocycles. The van der Waals surface area contributed by atoms with E-state index in [-0.39, 0.29) is 0 Å². The Balaban J connectivity index is 1.11. The Labute approximate surface area is 345 Å². The standard InChI is InChI=1S/C55H31N5/c56-30-33-15-17-34(18-16-33)39-19-21-47-41-10-2-3-11-42(41)48-22-23-49(53(39)54(47)48)44-20-24-50(43-12-4-1-9-40(43)44)55-59-51(45-13-5-7-35-31-57-27-25-37(35)45)29-52(60-55)46-14-6-8-36-32-58-28-26-38(36)46/h1-29,31-32H. The van der Waals surface area contributed by atoms with Gasteiger partial charge in [0.1, 0.15) is 0 Å². The number of rotatable bonds is 5. The molecular formula is C55H31N5. The minimum atomic E-state index is 0.642. The molecule has 0 spiro atoms. The van der Waals surface area contributed by atoms with Gasteiger partial charge in [0.2, 0.25) is 0 Å². The molecule has 8 aromatic carbocycles. The van der Waals surface area contributed by atoms with Crippen LogP contribution in [0.15, 0.2) is 189 Å². The van der Waals surface area contributed by atoms with Gasteiger partial charge in [-0.2, -0.15) is 5.26 Å². The molecule has 60 heavy (non-hydrogen) atoms. The molecule has 5 nitrogen and oxygen atoms in total. The van der Waals surface area contributed by atoms with Gasteiger partial charge in [-0.15, -0.1) is 0 Å². The van der Waals surface area contributed by atoms with Crippen molar-refractivity contribution in [1.29, 1.82) is 5.26 Å². The number of hydrogen-bond donors (Lipinski definition) is 0. The SMILES string of the molecule is N#Cc1ccc(-c2ccc3c4c(ccc(-c5ccc(-c6nc(-c7cccc8cnccc78)cc(-c7cccc8cnccc78)n6)c6ccccc56)c24)-c2ccccc2-3)cc1. The summed E-state index contributed by atoms with van der Waals surface area (Å²) in [4.78, 5) is 19.6. The van der Waals surface area contributed by atoms with E-state index in [9.17, 15) is 5.26 Å². The predicted octanol–water partition coefficient (Wildman–Crippen LogP) is 13.7. The van der Waals surface area contributed by atoms with Gasteiger partial charge in [-0.05, 0) is 113 Å². The highest BCUT2D eigenvalue weighted by atomic mass is 14.9. The molecule has 1 aliphatic rings. The number of aromatic nitrogens is 4. The molecule has 3 heterocycles. The highest BCUT2D eigenvalue weighted by Crippen LogP contribution is 2.52. The van der Waals surface area contributed by atoms with Crippen LogP contribution in [0.1, 0.15) is 5.56 Å². The number of nitriles is 1. The summed E-state index contributed by atoms with van der Waals surface area (Å²) in [6, 6.07) is 59.9. The molecule has 3 aromatic heterocycles. The summed E-state index contributed by atoms with van der Waals surface area (Å²) in [7, 11) is 0. The van der Waals surface area contributed by atoms with Crippen LogP contribution >= 0.6 is 0 Å². The molecule has 0 unspecified atom stereocenters. The zero-order valence-electron chi connectivity index (χ0n) is 32.1. The van der Waals surface area contributed by atoms with Gasteiger partial charge in [0.15, 0.2) is 5.82 Å². The quantitative estimate of drug-likeness (QED) is 0.175. The molecule has 0 saturated heterocycles. The first-order valence-electron chi connectivity index (χ1n) is 20.0. The van der Waals surface area contributed by atoms with E-state index in [0.717, 1.165) is 82.6 Å². The summed E-state index contributed by atoms with van der Waals surface area (Å²) in [5.74, 6) is 0.650. The highest BCUT2D eigenvalue weighted by Gasteiger charge is 2.26. The maximum Gasteiger partial charge on any atom is 0.161 e. The van der Waals surface area contributed by atoms with E-state index in [0.29, 0.717) is 11.4 Å². The van der Waals surface area contributed by atoms with E-state index < -0.39 is 0 Å². The van der Waals surface area contributed by atoms with E-state index >= 15 is 0 Å². The topological polar surface area (TPSA) is 75.3 Å². The van der Waals surface area contributed by atoms with Gasteiger partial charge in [0, 0.05) is 52.3 Å². The monoisotopic (exact) mass is 761 g/mol. The second-order valence-corrected chi connectivity index (χ2v) is 15.3. The van der Waals surface area contributed by atoms with Crippen LogP contribution in [-0.4, -0.2) is 19.9 Å². The van der Waals surface area contributed by atoms with Crippen LogP contribution in [0.3, 0.4) is 0 Å². The lowest BCUT2D eigenvalue weighted by Crippen LogP contribution is -1.98. The van der Waals surface area contributed by atoms with E-state index in [1.54, 1.807) is 0 Å². The lowest BCUT2D eigenvalue weighted by molar-refractivity contribution is 1.19. The van der Waals surface area contributed by atoms with Crippen molar-refractivity contribution in [3.63, 3.8) is 0 Å². The number of hydrogen-bond acceptors (Lipinski definition) is 5. The maximum absolute atomic E-state index is 9.62. The molecule has 5 heteroatoms. The van der Waals surface area contributed by atoms with E-state index in [4.69, 9.17) is 9.97 Å². The first-order valence-corrected chi connectivity index (χ1v) is 20.0. The smallest absolute Gasteiger partial charge is 0.161 e. The van der Waals surface area contributed by atoms with Gasteiger partial charge in [-0.25, -0.2) is 9.97 Å². The molecule has 0 radical (unpaired) electrons. The fourth-order valence-corrected chi connectivity index (χ4v) is 9.35. The Hall–Kier alpha value is -8.33. The summed E-state index contributed by atoms with van der Waals surface area (Å²) in [5.41, 5.74) is 14.8. The first kappa shape index (κ1) is 33.8. The number of pyridine rings is 2. The van der Waals surface area contributed by atoms with Crippen molar-refractivity contribution in [3.8, 4) is 84.5 Å². The third kappa shape index (κ3) is 5.18. The van der Waals surface area contributed by atoms with Crippen molar-refractivity contribution in [3.05, 3.63) is 194 Å². The molecule has 0 bridgehead atoms. The Morgan fingerprint density at radius 3 is 1.45 bits per heavy atom. The maximum atomic E-state index is 9.62. The Bertz CT molecular complexity index is 3480. The van der Waals surface area contributed by atoms with Crippen molar-refractivity contribution in [2.24, 2.45) is 0 Å². The van der Waals surface area contributed by atoms with E-state index in [1.165, 1.54) is 33.0 Å². The zero-order valence-corrected chi connectivity index (χ0v) is 32.1. The van der Waals surface area contributed by atoms with Gasteiger partial charge in [-0.3, -0.25) is 9.97 Å². The van der Waals surface area contributed by atoms with Crippen LogP contribution in [0, 0.1) is 11.3 Å². The number of benzene rings is 8. The van der Waals surface area contributed by atoms with Gasteiger partial charge in [0.25, 0.3) is 0 Å². The summed E-state index contributed by atoms with van der Waals surface area (Å²) in [6.45, 7) is 0. The van der Waals surface area contributed by atoms with Crippen molar-refractivity contribution >= 4 is 43.1 Å². The van der Waals surface area contributed by atoms with Crippen LogP contribution in [0.25, 0.3) is 122 Å². The predicted molar refractivity (Wildman–Crippen MR) is 244 cm³/mol. The summed E-state index contributed by atoms with van der Waals surface area (Å²) >= 11 is 0. The average Bonchev–Trinajstić information content (AvgIpc) is 3.65. The Morgan fingerprint density at radius 1 is 0.367 bits per heavy atom. The molecule has 0 atom stereocenters. The minimum Gasteiger partial charge on any atom is -0.264 e. The van der Waals surface area contributed by atoms with Crippen molar-refractivity contribution in [2.75, 3.05) is 0 Å². The molecule has 0 aliphatic heterocycles. The third-order valence-electron chi connectivity index (χ3n) is 12.1. The van der Waals surface area contributed by atoms with E-state index in [2.05, 4.69) is 168 Å². The van der Waals surface area contributed by atoms with Crippen LogP contribution < -0.4 is 0 Å². The largest absolute Gasteiger partial charge is 0.264 e. The van der Waals surface area contributed by atoms with Gasteiger partial charge >= 0.3 is 0 Å². The summed E-state index contributed by atoms with van der Waals surface area (Å²) in [6.07, 6.45) is 7.48. The lowest BCUT2D eigenvalue weighted by atomic mass is 9.86. The molecule has 12 rings (SSSR count). The molecular weight excluding hydrogens is 731 g/mol. The molecule has 0 saturated carbocycles. The fraction of sp³-hybridized carbons (Fsp3) is 0. The van der Waals surface area contributed by atoms with Gasteiger partial charge in [-0.1, -0.05) is 127 Å². The van der Waals surface area contributed by atoms with E-state index in [1.807, 2.05) is 36.9 Å². The van der Waals surface area contributed by atoms with Crippen LogP contribution in [0.4, 0.5) is 0 Å². The molecule has 0 N–H and O–H groups in total. The molecule has 11 aromatic rings. The molecule has 0 amide bonds. The van der Waals surface area contributed by atoms with Crippen LogP contribution in [0.2, 0.25) is 0 Å². The average molecular weight is 762 g/mol. The third-order valence-corrected chi connectivity index (χ3v) is 12.1. The van der Waals surface area contributed by atoms with Gasteiger partial charge in [0.05, 0.1) is 23.0 Å². The number of nitrogens with zero attached hydrogens (tertiary/aromatic N) is 5. The Morgan fingerprint density at radius 2 is 0.850 bits per heavy atom. The Kier molecular flexibility index (Phi) is 7.53. The minimum absolute atomic E-state index is 0.642. The second-order valence-electron chi connectivity index (χ2n) is 15.3.